The molecule has 0 aromatic heterocycles. The molecule has 1 aliphatic rings. The Morgan fingerprint density at radius 1 is 0.900 bits per heavy atom. The van der Waals surface area contributed by atoms with Gasteiger partial charge in [0.2, 0.25) is 0 Å². The van der Waals surface area contributed by atoms with E-state index in [9.17, 15) is 14.7 Å². The summed E-state index contributed by atoms with van der Waals surface area (Å²) in [4.78, 5) is 30.7. The van der Waals surface area contributed by atoms with Crippen LogP contribution in [0.1, 0.15) is 57.2 Å². The van der Waals surface area contributed by atoms with Crippen LogP contribution in [0.4, 0.5) is 11.4 Å². The number of anilines is 2. The van der Waals surface area contributed by atoms with Gasteiger partial charge in [0.25, 0.3) is 11.7 Å². The van der Waals surface area contributed by atoms with Crippen LogP contribution < -0.4 is 19.3 Å². The average Bonchev–Trinajstić information content (AvgIpc) is 3.26. The van der Waals surface area contributed by atoms with Crippen molar-refractivity contribution in [3.63, 3.8) is 0 Å². The molecule has 7 heteroatoms. The van der Waals surface area contributed by atoms with E-state index in [4.69, 9.17) is 9.47 Å². The summed E-state index contributed by atoms with van der Waals surface area (Å²) in [6.45, 7) is 8.65. The van der Waals surface area contributed by atoms with Gasteiger partial charge in [0.15, 0.2) is 0 Å². The zero-order valence-corrected chi connectivity index (χ0v) is 23.7. The Bertz CT molecular complexity index is 1340. The summed E-state index contributed by atoms with van der Waals surface area (Å²) in [6.07, 6.45) is 3.18. The van der Waals surface area contributed by atoms with E-state index < -0.39 is 17.7 Å². The first-order valence-electron chi connectivity index (χ1n) is 14.0. The van der Waals surface area contributed by atoms with Crippen molar-refractivity contribution >= 4 is 28.8 Å². The molecule has 1 fully saturated rings. The molecule has 4 rings (SSSR count). The maximum absolute atomic E-state index is 13.5. The normalized spacial score (nSPS) is 16.3. The monoisotopic (exact) mass is 542 g/mol. The molecule has 0 bridgehead atoms. The molecule has 0 aliphatic carbocycles. The Kier molecular flexibility index (Phi) is 9.48. The van der Waals surface area contributed by atoms with Crippen LogP contribution in [0.5, 0.6) is 11.5 Å². The molecule has 0 radical (unpaired) electrons. The average molecular weight is 543 g/mol. The number of methoxy groups -OCH3 is 1. The fraction of sp³-hybridized carbons (Fsp3) is 0.333. The minimum Gasteiger partial charge on any atom is -0.507 e. The molecule has 0 saturated carbocycles. The number of ketones is 1. The van der Waals surface area contributed by atoms with Crippen LogP contribution in [-0.2, 0) is 9.59 Å². The molecule has 1 N–H and O–H groups in total. The highest BCUT2D eigenvalue weighted by molar-refractivity contribution is 6.52. The van der Waals surface area contributed by atoms with E-state index in [2.05, 4.69) is 25.7 Å². The number of Topliss-reactive ketones (excluding diaryl/α,β-unsaturated/α-hetero) is 1. The highest BCUT2D eigenvalue weighted by atomic mass is 16.5. The van der Waals surface area contributed by atoms with Gasteiger partial charge >= 0.3 is 0 Å². The van der Waals surface area contributed by atoms with Gasteiger partial charge in [0, 0.05) is 24.3 Å². The number of rotatable bonds is 12. The van der Waals surface area contributed by atoms with Crippen LogP contribution in [0.25, 0.3) is 5.76 Å². The summed E-state index contributed by atoms with van der Waals surface area (Å²) in [5, 5.41) is 11.5. The standard InChI is InChI=1S/C33H38N2O5/c1-5-8-11-22-40-26-20-16-24(17-21-26)31(36)29-30(23-14-18-25(19-15-23)34(6-2)7-3)35(33(38)32(29)37)27-12-9-10-13-28(27)39-4/h9-10,12-21,30,36H,5-8,11,22H2,1-4H3/b31-29-. The molecule has 1 saturated heterocycles. The van der Waals surface area contributed by atoms with Crippen LogP contribution in [0, 0.1) is 0 Å². The highest BCUT2D eigenvalue weighted by Crippen LogP contribution is 2.45. The topological polar surface area (TPSA) is 79.3 Å². The summed E-state index contributed by atoms with van der Waals surface area (Å²) in [5.41, 5.74) is 2.67. The number of unbranched alkanes of at least 4 members (excludes halogenated alkanes) is 2. The Morgan fingerprint density at radius 3 is 2.20 bits per heavy atom. The van der Waals surface area contributed by atoms with Crippen LogP contribution in [0.3, 0.4) is 0 Å². The van der Waals surface area contributed by atoms with E-state index in [1.807, 2.05) is 24.3 Å². The molecule has 7 nitrogen and oxygen atoms in total. The first kappa shape index (κ1) is 28.7. The molecule has 1 aliphatic heterocycles. The van der Waals surface area contributed by atoms with Crippen molar-refractivity contribution in [2.45, 2.75) is 46.1 Å². The van der Waals surface area contributed by atoms with E-state index in [0.29, 0.717) is 34.9 Å². The summed E-state index contributed by atoms with van der Waals surface area (Å²) in [5.74, 6) is -0.559. The van der Waals surface area contributed by atoms with Gasteiger partial charge in [-0.1, -0.05) is 44.0 Å². The van der Waals surface area contributed by atoms with Crippen molar-refractivity contribution in [3.05, 3.63) is 89.5 Å². The maximum Gasteiger partial charge on any atom is 0.300 e. The lowest BCUT2D eigenvalue weighted by Crippen LogP contribution is -2.30. The number of hydrogen-bond acceptors (Lipinski definition) is 6. The molecule has 1 unspecified atom stereocenters. The maximum atomic E-state index is 13.5. The van der Waals surface area contributed by atoms with Crippen LogP contribution >= 0.6 is 0 Å². The quantitative estimate of drug-likeness (QED) is 0.118. The van der Waals surface area contributed by atoms with E-state index >= 15 is 0 Å². The van der Waals surface area contributed by atoms with Crippen molar-refractivity contribution in [1.29, 1.82) is 0 Å². The number of amides is 1. The summed E-state index contributed by atoms with van der Waals surface area (Å²) >= 11 is 0. The smallest absolute Gasteiger partial charge is 0.300 e. The van der Waals surface area contributed by atoms with E-state index in [1.165, 1.54) is 12.0 Å². The third-order valence-electron chi connectivity index (χ3n) is 7.27. The number of benzene rings is 3. The molecular formula is C33H38N2O5. The van der Waals surface area contributed by atoms with Crippen LogP contribution in [0.15, 0.2) is 78.4 Å². The molecule has 1 amide bonds. The molecule has 1 atom stereocenters. The van der Waals surface area contributed by atoms with Gasteiger partial charge in [-0.25, -0.2) is 0 Å². The van der Waals surface area contributed by atoms with Crippen molar-refractivity contribution < 1.29 is 24.2 Å². The second kappa shape index (κ2) is 13.2. The first-order valence-corrected chi connectivity index (χ1v) is 14.0. The third kappa shape index (κ3) is 5.83. The van der Waals surface area contributed by atoms with Crippen LogP contribution in [0.2, 0.25) is 0 Å². The zero-order valence-electron chi connectivity index (χ0n) is 23.7. The second-order valence-electron chi connectivity index (χ2n) is 9.68. The lowest BCUT2D eigenvalue weighted by molar-refractivity contribution is -0.132. The second-order valence-corrected chi connectivity index (χ2v) is 9.68. The van der Waals surface area contributed by atoms with Crippen molar-refractivity contribution in [2.24, 2.45) is 0 Å². The number of aliphatic hydroxyl groups is 1. The first-order chi connectivity index (χ1) is 19.4. The predicted molar refractivity (Wildman–Crippen MR) is 159 cm³/mol. The Hall–Kier alpha value is -4.26. The van der Waals surface area contributed by atoms with Crippen molar-refractivity contribution in [1.82, 2.24) is 0 Å². The lowest BCUT2D eigenvalue weighted by Gasteiger charge is -2.27. The minimum absolute atomic E-state index is 0.0307. The number of carbonyl (C=O) groups excluding carboxylic acids is 2. The molecule has 0 spiro atoms. The Labute approximate surface area is 236 Å². The van der Waals surface area contributed by atoms with Crippen molar-refractivity contribution in [3.8, 4) is 11.5 Å². The number of para-hydroxylation sites is 2. The van der Waals surface area contributed by atoms with E-state index in [0.717, 1.165) is 38.0 Å². The van der Waals surface area contributed by atoms with Gasteiger partial charge in [-0.05, 0) is 74.4 Å². The molecule has 40 heavy (non-hydrogen) atoms. The van der Waals surface area contributed by atoms with Gasteiger partial charge < -0.3 is 19.5 Å². The number of hydrogen-bond donors (Lipinski definition) is 1. The zero-order chi connectivity index (χ0) is 28.6. The molecule has 3 aromatic carbocycles. The van der Waals surface area contributed by atoms with E-state index in [-0.39, 0.29) is 11.3 Å². The van der Waals surface area contributed by atoms with E-state index in [1.54, 1.807) is 48.5 Å². The summed E-state index contributed by atoms with van der Waals surface area (Å²) in [6, 6.07) is 21.0. The predicted octanol–water partition coefficient (Wildman–Crippen LogP) is 6.74. The molecule has 1 heterocycles. The highest BCUT2D eigenvalue weighted by Gasteiger charge is 2.47. The van der Waals surface area contributed by atoms with Crippen LogP contribution in [-0.4, -0.2) is 43.6 Å². The minimum atomic E-state index is -0.841. The van der Waals surface area contributed by atoms with Crippen molar-refractivity contribution in [2.75, 3.05) is 36.6 Å². The fourth-order valence-electron chi connectivity index (χ4n) is 5.09. The molecular weight excluding hydrogens is 504 g/mol. The summed E-state index contributed by atoms with van der Waals surface area (Å²) in [7, 11) is 1.52. The Morgan fingerprint density at radius 2 is 1.57 bits per heavy atom. The largest absolute Gasteiger partial charge is 0.507 e. The number of ether oxygens (including phenoxy) is 2. The third-order valence-corrected chi connectivity index (χ3v) is 7.27. The number of aliphatic hydroxyl groups excluding tert-OH is 1. The summed E-state index contributed by atoms with van der Waals surface area (Å²) < 4.78 is 11.3. The SMILES string of the molecule is CCCCCOc1ccc(/C(O)=C2/C(=O)C(=O)N(c3ccccc3OC)C2c2ccc(N(CC)CC)cc2)cc1. The van der Waals surface area contributed by atoms with Gasteiger partial charge in [-0.2, -0.15) is 0 Å². The number of nitrogens with zero attached hydrogens (tertiary/aromatic N) is 2. The van der Waals surface area contributed by atoms with Gasteiger partial charge in [-0.3, -0.25) is 14.5 Å². The lowest BCUT2D eigenvalue weighted by atomic mass is 9.94. The van der Waals surface area contributed by atoms with Gasteiger partial charge in [-0.15, -0.1) is 0 Å². The van der Waals surface area contributed by atoms with Gasteiger partial charge in [0.05, 0.1) is 31.0 Å². The number of carbonyl (C=O) groups is 2. The van der Waals surface area contributed by atoms with Gasteiger partial charge in [0.1, 0.15) is 17.3 Å². The fourth-order valence-corrected chi connectivity index (χ4v) is 5.09. The molecule has 210 valence electrons. The molecule has 3 aromatic rings. The Balaban J connectivity index is 1.79.